The third kappa shape index (κ3) is 2.12. The Labute approximate surface area is 76.7 Å². The van der Waals surface area contributed by atoms with Crippen molar-refractivity contribution in [1.82, 2.24) is 0 Å². The number of benzene rings is 1. The first-order valence-electron chi connectivity index (χ1n) is 3.38. The number of hydrogen-bond donors (Lipinski definition) is 1. The number of rotatable bonds is 2. The van der Waals surface area contributed by atoms with E-state index >= 15 is 0 Å². The van der Waals surface area contributed by atoms with E-state index in [9.17, 15) is 13.4 Å². The average molecular weight is 202 g/mol. The summed E-state index contributed by atoms with van der Waals surface area (Å²) in [6.45, 7) is 0. The molecule has 13 heavy (non-hydrogen) atoms. The minimum absolute atomic E-state index is 0.0633. The van der Waals surface area contributed by atoms with E-state index < -0.39 is 22.6 Å². The van der Waals surface area contributed by atoms with Crippen LogP contribution in [-0.4, -0.2) is 21.5 Å². The molecule has 0 radical (unpaired) electrons. The minimum Gasteiger partial charge on any atom is -0.478 e. The highest BCUT2D eigenvalue weighted by atomic mass is 32.2. The van der Waals surface area contributed by atoms with Crippen LogP contribution in [0.15, 0.2) is 23.1 Å². The van der Waals surface area contributed by atoms with E-state index in [0.717, 1.165) is 18.2 Å². The zero-order chi connectivity index (χ0) is 10.0. The van der Waals surface area contributed by atoms with Crippen molar-refractivity contribution in [3.63, 3.8) is 0 Å². The Bertz CT molecular complexity index is 376. The Balaban J connectivity index is 3.27. The van der Waals surface area contributed by atoms with E-state index in [-0.39, 0.29) is 10.5 Å². The lowest BCUT2D eigenvalue weighted by molar-refractivity contribution is 0.0696. The molecule has 1 aromatic rings. The van der Waals surface area contributed by atoms with E-state index in [4.69, 9.17) is 5.11 Å². The largest absolute Gasteiger partial charge is 0.478 e. The first-order chi connectivity index (χ1) is 6.02. The summed E-state index contributed by atoms with van der Waals surface area (Å²) in [6.07, 6.45) is 1.30. The molecule has 0 saturated carbocycles. The van der Waals surface area contributed by atoms with Gasteiger partial charge in [0.1, 0.15) is 5.82 Å². The second-order valence-corrected chi connectivity index (χ2v) is 3.75. The van der Waals surface area contributed by atoms with Crippen molar-refractivity contribution < 1.29 is 18.5 Å². The Morgan fingerprint density at radius 3 is 2.62 bits per heavy atom. The van der Waals surface area contributed by atoms with Crippen LogP contribution < -0.4 is 0 Å². The summed E-state index contributed by atoms with van der Waals surface area (Å²) in [5.41, 5.74) is -0.0633. The van der Waals surface area contributed by atoms with Crippen LogP contribution in [0.3, 0.4) is 0 Å². The lowest BCUT2D eigenvalue weighted by Crippen LogP contribution is -2.00. The van der Waals surface area contributed by atoms with Crippen LogP contribution >= 0.6 is 0 Å². The van der Waals surface area contributed by atoms with Gasteiger partial charge in [-0.05, 0) is 18.2 Å². The van der Waals surface area contributed by atoms with Gasteiger partial charge in [0.2, 0.25) is 0 Å². The molecule has 0 aliphatic rings. The van der Waals surface area contributed by atoms with Gasteiger partial charge in [-0.2, -0.15) is 0 Å². The Kier molecular flexibility index (Phi) is 2.77. The van der Waals surface area contributed by atoms with Crippen LogP contribution in [0.5, 0.6) is 0 Å². The fourth-order valence-corrected chi connectivity index (χ4v) is 1.49. The van der Waals surface area contributed by atoms with Crippen LogP contribution in [0, 0.1) is 5.82 Å². The summed E-state index contributed by atoms with van der Waals surface area (Å²) < 4.78 is 23.8. The van der Waals surface area contributed by atoms with Gasteiger partial charge in [-0.3, -0.25) is 4.21 Å². The van der Waals surface area contributed by atoms with Crippen LogP contribution in [0.4, 0.5) is 4.39 Å². The minimum atomic E-state index is -1.51. The molecule has 0 bridgehead atoms. The summed E-state index contributed by atoms with van der Waals surface area (Å²) in [6, 6.07) is 3.21. The van der Waals surface area contributed by atoms with Crippen LogP contribution in [0.25, 0.3) is 0 Å². The van der Waals surface area contributed by atoms with Crippen molar-refractivity contribution in [2.75, 3.05) is 6.26 Å². The third-order valence-corrected chi connectivity index (χ3v) is 2.42. The second kappa shape index (κ2) is 3.66. The number of aromatic carboxylic acids is 1. The average Bonchev–Trinajstić information content (AvgIpc) is 2.04. The van der Waals surface area contributed by atoms with Crippen molar-refractivity contribution in [2.45, 2.75) is 4.90 Å². The van der Waals surface area contributed by atoms with Gasteiger partial charge < -0.3 is 5.11 Å². The first kappa shape index (κ1) is 9.85. The molecule has 0 aliphatic heterocycles. The molecule has 0 aliphatic carbocycles. The van der Waals surface area contributed by atoms with Gasteiger partial charge in [0, 0.05) is 6.26 Å². The molecular formula is C8H7FO3S. The maximum Gasteiger partial charge on any atom is 0.335 e. The number of carboxylic acid groups (broad SMARTS) is 1. The number of halogens is 1. The lowest BCUT2D eigenvalue weighted by atomic mass is 10.2. The molecule has 0 heterocycles. The SMILES string of the molecule is CS(=O)c1cc(C(=O)O)ccc1F. The molecule has 3 nitrogen and oxygen atoms in total. The van der Waals surface area contributed by atoms with Gasteiger partial charge in [0.25, 0.3) is 0 Å². The van der Waals surface area contributed by atoms with Gasteiger partial charge in [0.15, 0.2) is 0 Å². The van der Waals surface area contributed by atoms with Gasteiger partial charge in [-0.1, -0.05) is 0 Å². The number of hydrogen-bond acceptors (Lipinski definition) is 2. The molecule has 1 rings (SSSR count). The predicted molar refractivity (Wildman–Crippen MR) is 45.7 cm³/mol. The van der Waals surface area contributed by atoms with E-state index in [2.05, 4.69) is 0 Å². The summed E-state index contributed by atoms with van der Waals surface area (Å²) in [5, 5.41) is 8.56. The maximum absolute atomic E-state index is 12.9. The Morgan fingerprint density at radius 1 is 1.54 bits per heavy atom. The summed E-state index contributed by atoms with van der Waals surface area (Å²) in [4.78, 5) is 10.4. The predicted octanol–water partition coefficient (Wildman–Crippen LogP) is 1.26. The first-order valence-corrected chi connectivity index (χ1v) is 4.94. The molecule has 1 atom stereocenters. The van der Waals surface area contributed by atoms with Crippen LogP contribution in [0.1, 0.15) is 10.4 Å². The molecule has 1 unspecified atom stereocenters. The van der Waals surface area contributed by atoms with Gasteiger partial charge in [0.05, 0.1) is 21.3 Å². The molecule has 5 heteroatoms. The molecule has 1 N–H and O–H groups in total. The molecule has 1 aromatic carbocycles. The fourth-order valence-electron chi connectivity index (χ4n) is 0.857. The van der Waals surface area contributed by atoms with E-state index in [0.29, 0.717) is 0 Å². The van der Waals surface area contributed by atoms with Crippen molar-refractivity contribution >= 4 is 16.8 Å². The highest BCUT2D eigenvalue weighted by molar-refractivity contribution is 7.84. The molecule has 0 aromatic heterocycles. The van der Waals surface area contributed by atoms with E-state index in [1.165, 1.54) is 6.26 Å². The molecule has 0 spiro atoms. The normalized spacial score (nSPS) is 12.5. The number of carboxylic acids is 1. The molecule has 70 valence electrons. The van der Waals surface area contributed by atoms with Gasteiger partial charge >= 0.3 is 5.97 Å². The van der Waals surface area contributed by atoms with E-state index in [1.807, 2.05) is 0 Å². The van der Waals surface area contributed by atoms with Crippen LogP contribution in [-0.2, 0) is 10.8 Å². The third-order valence-electron chi connectivity index (χ3n) is 1.49. The molecule has 0 fully saturated rings. The summed E-state index contributed by atoms with van der Waals surface area (Å²) in [7, 11) is -1.51. The zero-order valence-electron chi connectivity index (χ0n) is 6.78. The number of carbonyl (C=O) groups is 1. The summed E-state index contributed by atoms with van der Waals surface area (Å²) in [5.74, 6) is -1.81. The smallest absolute Gasteiger partial charge is 0.335 e. The maximum atomic E-state index is 12.9. The molecule has 0 amide bonds. The van der Waals surface area contributed by atoms with Crippen molar-refractivity contribution in [1.29, 1.82) is 0 Å². The fraction of sp³-hybridized carbons (Fsp3) is 0.125. The van der Waals surface area contributed by atoms with Crippen LogP contribution in [0.2, 0.25) is 0 Å². The topological polar surface area (TPSA) is 54.4 Å². The standard InChI is InChI=1S/C8H7FO3S/c1-13(12)7-4-5(8(10)11)2-3-6(7)9/h2-4H,1H3,(H,10,11). The molecular weight excluding hydrogens is 195 g/mol. The Morgan fingerprint density at radius 2 is 2.15 bits per heavy atom. The van der Waals surface area contributed by atoms with Crippen molar-refractivity contribution in [3.05, 3.63) is 29.6 Å². The highest BCUT2D eigenvalue weighted by Crippen LogP contribution is 2.13. The monoisotopic (exact) mass is 202 g/mol. The quantitative estimate of drug-likeness (QED) is 0.785. The van der Waals surface area contributed by atoms with Crippen molar-refractivity contribution in [2.24, 2.45) is 0 Å². The Hall–Kier alpha value is -1.23. The van der Waals surface area contributed by atoms with Gasteiger partial charge in [-0.25, -0.2) is 9.18 Å². The van der Waals surface area contributed by atoms with Crippen molar-refractivity contribution in [3.8, 4) is 0 Å². The molecule has 0 saturated heterocycles. The zero-order valence-corrected chi connectivity index (χ0v) is 7.60. The van der Waals surface area contributed by atoms with Gasteiger partial charge in [-0.15, -0.1) is 0 Å². The summed E-state index contributed by atoms with van der Waals surface area (Å²) >= 11 is 0. The lowest BCUT2D eigenvalue weighted by Gasteiger charge is -2.00. The van der Waals surface area contributed by atoms with E-state index in [1.54, 1.807) is 0 Å². The highest BCUT2D eigenvalue weighted by Gasteiger charge is 2.10. The second-order valence-electron chi connectivity index (χ2n) is 2.40.